The fourth-order valence-corrected chi connectivity index (χ4v) is 2.44. The number of nitrogens with one attached hydrogen (secondary N) is 1. The molecule has 0 saturated heterocycles. The molecule has 0 atom stereocenters. The number of methoxy groups -OCH3 is 2. The van der Waals surface area contributed by atoms with Crippen LogP contribution in [0, 0.1) is 5.92 Å². The van der Waals surface area contributed by atoms with Crippen LogP contribution >= 0.6 is 24.0 Å². The van der Waals surface area contributed by atoms with Gasteiger partial charge in [0.05, 0.1) is 27.4 Å². The van der Waals surface area contributed by atoms with Crippen molar-refractivity contribution in [1.29, 1.82) is 0 Å². The van der Waals surface area contributed by atoms with E-state index in [1.165, 1.54) is 0 Å². The largest absolute Gasteiger partial charge is 0.493 e. The van der Waals surface area contributed by atoms with Crippen LogP contribution < -0.4 is 25.3 Å². The van der Waals surface area contributed by atoms with Crippen molar-refractivity contribution < 1.29 is 14.2 Å². The van der Waals surface area contributed by atoms with Crippen LogP contribution in [-0.2, 0) is 13.1 Å². The Labute approximate surface area is 184 Å². The number of ether oxygens (including phenoxy) is 3. The summed E-state index contributed by atoms with van der Waals surface area (Å²) in [6.07, 6.45) is 0. The van der Waals surface area contributed by atoms with Crippen molar-refractivity contribution in [3.63, 3.8) is 0 Å². The molecule has 0 aliphatic heterocycles. The lowest BCUT2D eigenvalue weighted by Gasteiger charge is -2.14. The van der Waals surface area contributed by atoms with E-state index < -0.39 is 0 Å². The number of nitrogens with two attached hydrogens (primary N) is 1. The van der Waals surface area contributed by atoms with Crippen molar-refractivity contribution in [2.24, 2.45) is 16.6 Å². The van der Waals surface area contributed by atoms with Gasteiger partial charge in [0.15, 0.2) is 17.5 Å². The standard InChI is InChI=1S/C21H29N3O3.HI/c1-15(2)14-27-18-8-6-5-7-17(18)13-24-21(22)23-12-16-9-10-19(25-3)20(11-16)26-4;/h5-11,15H,12-14H2,1-4H3,(H3,22,23,24);1H. The number of guanidine groups is 1. The number of para-hydroxylation sites is 1. The number of halogens is 1. The van der Waals surface area contributed by atoms with Gasteiger partial charge in [-0.05, 0) is 29.7 Å². The molecule has 0 aliphatic rings. The van der Waals surface area contributed by atoms with Crippen LogP contribution in [0.3, 0.4) is 0 Å². The van der Waals surface area contributed by atoms with Crippen LogP contribution in [0.1, 0.15) is 25.0 Å². The zero-order chi connectivity index (χ0) is 19.6. The Balaban J connectivity index is 0.00000392. The highest BCUT2D eigenvalue weighted by atomic mass is 127. The van der Waals surface area contributed by atoms with E-state index in [0.29, 0.717) is 43.1 Å². The van der Waals surface area contributed by atoms with Crippen LogP contribution in [0.4, 0.5) is 0 Å². The lowest BCUT2D eigenvalue weighted by Crippen LogP contribution is -2.31. The third-order valence-electron chi connectivity index (χ3n) is 3.88. The van der Waals surface area contributed by atoms with Crippen molar-refractivity contribution in [2.45, 2.75) is 26.9 Å². The minimum atomic E-state index is 0. The van der Waals surface area contributed by atoms with E-state index in [1.54, 1.807) is 14.2 Å². The van der Waals surface area contributed by atoms with Crippen molar-refractivity contribution in [3.05, 3.63) is 53.6 Å². The summed E-state index contributed by atoms with van der Waals surface area (Å²) in [7, 11) is 3.22. The molecule has 28 heavy (non-hydrogen) atoms. The van der Waals surface area contributed by atoms with E-state index in [2.05, 4.69) is 24.2 Å². The zero-order valence-electron chi connectivity index (χ0n) is 16.9. The van der Waals surface area contributed by atoms with Gasteiger partial charge in [-0.1, -0.05) is 38.1 Å². The van der Waals surface area contributed by atoms with Crippen molar-refractivity contribution in [1.82, 2.24) is 5.32 Å². The van der Waals surface area contributed by atoms with Crippen LogP contribution in [0.25, 0.3) is 0 Å². The van der Waals surface area contributed by atoms with E-state index in [4.69, 9.17) is 19.9 Å². The van der Waals surface area contributed by atoms with Gasteiger partial charge in [-0.25, -0.2) is 4.99 Å². The molecule has 3 N–H and O–H groups in total. The summed E-state index contributed by atoms with van der Waals surface area (Å²) in [5, 5.41) is 3.14. The van der Waals surface area contributed by atoms with Gasteiger partial charge >= 0.3 is 0 Å². The average Bonchev–Trinajstić information content (AvgIpc) is 2.69. The van der Waals surface area contributed by atoms with Gasteiger partial charge < -0.3 is 25.3 Å². The average molecular weight is 499 g/mol. The first-order chi connectivity index (χ1) is 13.0. The molecule has 0 unspecified atom stereocenters. The maximum atomic E-state index is 6.01. The molecule has 0 heterocycles. The minimum Gasteiger partial charge on any atom is -0.493 e. The summed E-state index contributed by atoms with van der Waals surface area (Å²) in [6, 6.07) is 13.6. The lowest BCUT2D eigenvalue weighted by molar-refractivity contribution is 0.268. The number of rotatable bonds is 9. The number of hydrogen-bond donors (Lipinski definition) is 2. The van der Waals surface area contributed by atoms with Gasteiger partial charge in [-0.3, -0.25) is 0 Å². The monoisotopic (exact) mass is 499 g/mol. The van der Waals surface area contributed by atoms with Crippen LogP contribution in [0.15, 0.2) is 47.5 Å². The molecular weight excluding hydrogens is 469 g/mol. The molecule has 0 aromatic heterocycles. The molecule has 2 aromatic carbocycles. The van der Waals surface area contributed by atoms with Gasteiger partial charge in [0.2, 0.25) is 0 Å². The molecule has 154 valence electrons. The van der Waals surface area contributed by atoms with Crippen LogP contribution in [0.5, 0.6) is 17.2 Å². The highest BCUT2D eigenvalue weighted by molar-refractivity contribution is 14.0. The first kappa shape index (κ1) is 23.9. The van der Waals surface area contributed by atoms with Crippen LogP contribution in [0.2, 0.25) is 0 Å². The van der Waals surface area contributed by atoms with Crippen molar-refractivity contribution in [2.75, 3.05) is 20.8 Å². The van der Waals surface area contributed by atoms with Crippen LogP contribution in [-0.4, -0.2) is 26.8 Å². The summed E-state index contributed by atoms with van der Waals surface area (Å²) in [5.41, 5.74) is 8.04. The predicted octanol–water partition coefficient (Wildman–Crippen LogP) is 3.96. The fraction of sp³-hybridized carbons (Fsp3) is 0.381. The summed E-state index contributed by atoms with van der Waals surface area (Å²) >= 11 is 0. The van der Waals surface area contributed by atoms with Crippen molar-refractivity contribution >= 4 is 29.9 Å². The van der Waals surface area contributed by atoms with E-state index in [1.807, 2.05) is 42.5 Å². The number of hydrogen-bond acceptors (Lipinski definition) is 4. The molecule has 7 heteroatoms. The minimum absolute atomic E-state index is 0. The summed E-state index contributed by atoms with van der Waals surface area (Å²) in [5.74, 6) is 3.08. The Kier molecular flexibility index (Phi) is 10.5. The summed E-state index contributed by atoms with van der Waals surface area (Å²) in [4.78, 5) is 4.39. The second kappa shape index (κ2) is 12.3. The fourth-order valence-electron chi connectivity index (χ4n) is 2.44. The third kappa shape index (κ3) is 7.46. The van der Waals surface area contributed by atoms with E-state index >= 15 is 0 Å². The normalized spacial score (nSPS) is 11.0. The quantitative estimate of drug-likeness (QED) is 0.310. The van der Waals surface area contributed by atoms with Gasteiger partial charge in [0, 0.05) is 12.1 Å². The van der Waals surface area contributed by atoms with Gasteiger partial charge in [-0.2, -0.15) is 0 Å². The first-order valence-electron chi connectivity index (χ1n) is 8.99. The third-order valence-corrected chi connectivity index (χ3v) is 3.88. The topological polar surface area (TPSA) is 78.1 Å². The molecule has 0 fully saturated rings. The molecular formula is C21H30IN3O3. The Hall–Kier alpha value is -2.16. The Morgan fingerprint density at radius 1 is 1.04 bits per heavy atom. The maximum Gasteiger partial charge on any atom is 0.189 e. The summed E-state index contributed by atoms with van der Waals surface area (Å²) < 4.78 is 16.4. The second-order valence-corrected chi connectivity index (χ2v) is 6.56. The molecule has 0 amide bonds. The zero-order valence-corrected chi connectivity index (χ0v) is 19.2. The number of nitrogens with zero attached hydrogens (tertiary/aromatic N) is 1. The van der Waals surface area contributed by atoms with E-state index in [9.17, 15) is 0 Å². The predicted molar refractivity (Wildman–Crippen MR) is 124 cm³/mol. The second-order valence-electron chi connectivity index (χ2n) is 6.56. The first-order valence-corrected chi connectivity index (χ1v) is 8.99. The van der Waals surface area contributed by atoms with E-state index in [-0.39, 0.29) is 24.0 Å². The molecule has 2 rings (SSSR count). The number of aliphatic imine (C=N–C) groups is 1. The Morgan fingerprint density at radius 2 is 1.75 bits per heavy atom. The summed E-state index contributed by atoms with van der Waals surface area (Å²) in [6.45, 7) is 5.93. The molecule has 6 nitrogen and oxygen atoms in total. The number of benzene rings is 2. The Morgan fingerprint density at radius 3 is 2.43 bits per heavy atom. The highest BCUT2D eigenvalue weighted by Gasteiger charge is 2.06. The molecule has 0 aliphatic carbocycles. The molecule has 0 bridgehead atoms. The Bertz CT molecular complexity index is 766. The molecule has 0 spiro atoms. The lowest BCUT2D eigenvalue weighted by atomic mass is 10.2. The molecule has 0 saturated carbocycles. The smallest absolute Gasteiger partial charge is 0.189 e. The van der Waals surface area contributed by atoms with Gasteiger partial charge in [0.25, 0.3) is 0 Å². The van der Waals surface area contributed by atoms with Crippen molar-refractivity contribution in [3.8, 4) is 17.2 Å². The SMILES string of the molecule is COc1ccc(CN=C(N)NCc2ccccc2OCC(C)C)cc1OC.I. The maximum absolute atomic E-state index is 6.01. The highest BCUT2D eigenvalue weighted by Crippen LogP contribution is 2.27. The molecule has 2 aromatic rings. The molecule has 0 radical (unpaired) electrons. The van der Waals surface area contributed by atoms with Gasteiger partial charge in [-0.15, -0.1) is 24.0 Å². The van der Waals surface area contributed by atoms with E-state index in [0.717, 1.165) is 16.9 Å². The van der Waals surface area contributed by atoms with Gasteiger partial charge in [0.1, 0.15) is 5.75 Å².